The van der Waals surface area contributed by atoms with Gasteiger partial charge < -0.3 is 30.6 Å². The summed E-state index contributed by atoms with van der Waals surface area (Å²) >= 11 is 5.05. The van der Waals surface area contributed by atoms with Gasteiger partial charge in [-0.1, -0.05) is 6.07 Å². The van der Waals surface area contributed by atoms with E-state index in [-0.39, 0.29) is 11.6 Å². The molecule has 4 N–H and O–H groups in total. The van der Waals surface area contributed by atoms with Crippen LogP contribution in [-0.2, 0) is 0 Å². The van der Waals surface area contributed by atoms with Crippen LogP contribution < -0.4 is 26.2 Å². The molecule has 0 amide bonds. The Morgan fingerprint density at radius 2 is 1.04 bits per heavy atom. The van der Waals surface area contributed by atoms with Crippen molar-refractivity contribution in [3.05, 3.63) is 129 Å². The highest BCUT2D eigenvalue weighted by Gasteiger charge is 2.24. The first-order valence-corrected chi connectivity index (χ1v) is 30.5. The minimum atomic E-state index is -0.293. The maximum absolute atomic E-state index is 15.0. The van der Waals surface area contributed by atoms with Gasteiger partial charge >= 0.3 is 0 Å². The van der Waals surface area contributed by atoms with Crippen LogP contribution in [-0.4, -0.2) is 119 Å². The number of benzene rings is 3. The molecule has 0 bridgehead atoms. The summed E-state index contributed by atoms with van der Waals surface area (Å²) in [5, 5.41) is 26.0. The number of nitrogens with one attached hydrogen (secondary N) is 4. The number of halogens is 2. The van der Waals surface area contributed by atoms with E-state index in [0.29, 0.717) is 34.5 Å². The predicted molar refractivity (Wildman–Crippen MR) is 327 cm³/mol. The van der Waals surface area contributed by atoms with Crippen molar-refractivity contribution in [3.8, 4) is 33.8 Å². The van der Waals surface area contributed by atoms with Crippen LogP contribution in [0.5, 0.6) is 0 Å². The van der Waals surface area contributed by atoms with Crippen molar-refractivity contribution in [3.63, 3.8) is 0 Å². The predicted octanol–water partition coefficient (Wildman–Crippen LogP) is 11.7. The van der Waals surface area contributed by atoms with E-state index >= 15 is 0 Å². The van der Waals surface area contributed by atoms with Gasteiger partial charge in [0.2, 0.25) is 0 Å². The van der Waals surface area contributed by atoms with Gasteiger partial charge in [0.1, 0.15) is 11.0 Å². The number of fused-ring (bicyclic) bond motifs is 6. The Morgan fingerprint density at radius 3 is 1.60 bits per heavy atom. The third kappa shape index (κ3) is 10.9. The summed E-state index contributed by atoms with van der Waals surface area (Å²) in [5.41, 5.74) is 14.1. The van der Waals surface area contributed by atoms with Gasteiger partial charge in [0, 0.05) is 68.0 Å². The SMILES string of the molecule is CNc1cc(-c2cc(F)c3nc(C4CCNCC4)sc3c2)nn2cc(C)nc12.Cc1cn2cc(-c3ccc4nc(C5CCNCC5)sc4c3)ncc2n1.Cc1cn2nc(-c3cc(F)c4nc(C5CCNCC5)sc4c3)cc(N(C)C)c2n1. The number of aromatic nitrogens is 12. The Morgan fingerprint density at radius 1 is 0.537 bits per heavy atom. The summed E-state index contributed by atoms with van der Waals surface area (Å²) in [6.45, 7) is 12.0. The average Bonchev–Trinajstić information content (AvgIpc) is 4.47. The molecule has 3 saturated heterocycles. The molecular weight excluding hydrogens is 1090 g/mol. The first kappa shape index (κ1) is 53.8. The molecular formula is C60H63F2N17S3. The molecule has 420 valence electrons. The van der Waals surface area contributed by atoms with Crippen molar-refractivity contribution < 1.29 is 8.78 Å². The number of rotatable bonds is 8. The van der Waals surface area contributed by atoms with Crippen molar-refractivity contribution in [1.82, 2.24) is 74.5 Å². The van der Waals surface area contributed by atoms with E-state index < -0.39 is 0 Å². The van der Waals surface area contributed by atoms with Crippen LogP contribution in [0, 0.1) is 32.4 Å². The number of hydrogen-bond donors (Lipinski definition) is 4. The van der Waals surface area contributed by atoms with Crippen LogP contribution in [0.15, 0.2) is 85.6 Å². The average molecular weight is 1160 g/mol. The lowest BCUT2D eigenvalue weighted by Gasteiger charge is -2.20. The number of hydrogen-bond acceptors (Lipinski definition) is 17. The second kappa shape index (κ2) is 22.7. The lowest BCUT2D eigenvalue weighted by molar-refractivity contribution is 0.459. The largest absolute Gasteiger partial charge is 0.385 e. The zero-order valence-corrected chi connectivity index (χ0v) is 49.0. The summed E-state index contributed by atoms with van der Waals surface area (Å²) in [4.78, 5) is 34.2. The highest BCUT2D eigenvalue weighted by Crippen LogP contribution is 2.39. The monoisotopic (exact) mass is 1160 g/mol. The fraction of sp³-hybridized carbons (Fsp3) is 0.350. The molecule has 0 atom stereocenters. The fourth-order valence-electron chi connectivity index (χ4n) is 11.3. The lowest BCUT2D eigenvalue weighted by Crippen LogP contribution is -2.26. The zero-order chi connectivity index (χ0) is 56.2. The molecule has 0 unspecified atom stereocenters. The summed E-state index contributed by atoms with van der Waals surface area (Å²) in [5.74, 6) is 0.856. The maximum atomic E-state index is 15.0. The van der Waals surface area contributed by atoms with Gasteiger partial charge in [0.25, 0.3) is 0 Å². The Hall–Kier alpha value is -7.47. The van der Waals surface area contributed by atoms with Crippen LogP contribution >= 0.6 is 34.0 Å². The third-order valence-corrected chi connectivity index (χ3v) is 19.1. The molecule has 15 rings (SSSR count). The normalized spacial score (nSPS) is 15.7. The summed E-state index contributed by atoms with van der Waals surface area (Å²) in [6, 6.07) is 17.4. The summed E-state index contributed by atoms with van der Waals surface area (Å²) in [7, 11) is 5.80. The van der Waals surface area contributed by atoms with E-state index in [1.54, 1.807) is 37.8 Å². The van der Waals surface area contributed by atoms with Crippen LogP contribution in [0.1, 0.15) is 88.4 Å². The van der Waals surface area contributed by atoms with Gasteiger partial charge in [-0.3, -0.25) is 4.98 Å². The highest BCUT2D eigenvalue weighted by atomic mass is 32.1. The van der Waals surface area contributed by atoms with Gasteiger partial charge in [-0.2, -0.15) is 10.2 Å². The number of nitrogens with zero attached hydrogens (tertiary/aromatic N) is 13. The molecule has 0 radical (unpaired) electrons. The van der Waals surface area contributed by atoms with Gasteiger partial charge in [0.05, 0.1) is 98.8 Å². The summed E-state index contributed by atoms with van der Waals surface area (Å²) < 4.78 is 38.4. The zero-order valence-electron chi connectivity index (χ0n) is 46.6. The van der Waals surface area contributed by atoms with Crippen LogP contribution in [0.4, 0.5) is 20.2 Å². The molecule has 0 saturated carbocycles. The molecule has 0 spiro atoms. The maximum Gasteiger partial charge on any atom is 0.177 e. The number of imidazole rings is 3. The topological polar surface area (TPSA) is 181 Å². The Labute approximate surface area is 484 Å². The first-order valence-electron chi connectivity index (χ1n) is 28.0. The highest BCUT2D eigenvalue weighted by molar-refractivity contribution is 7.19. The number of aryl methyl sites for hydroxylation is 3. The number of thiazole rings is 3. The Bertz CT molecular complexity index is 4310. The van der Waals surface area contributed by atoms with Gasteiger partial charge in [-0.05, 0) is 147 Å². The quantitative estimate of drug-likeness (QED) is 0.113. The molecule has 17 nitrogen and oxygen atoms in total. The molecule has 22 heteroatoms. The Balaban J connectivity index is 0.000000116. The van der Waals surface area contributed by atoms with Crippen LogP contribution in [0.2, 0.25) is 0 Å². The second-order valence-electron chi connectivity index (χ2n) is 21.7. The lowest BCUT2D eigenvalue weighted by atomic mass is 9.99. The van der Waals surface area contributed by atoms with Crippen molar-refractivity contribution in [2.24, 2.45) is 0 Å². The molecule has 12 heterocycles. The van der Waals surface area contributed by atoms with Crippen LogP contribution in [0.3, 0.4) is 0 Å². The van der Waals surface area contributed by atoms with E-state index in [4.69, 9.17) is 10.1 Å². The molecule has 12 aromatic rings. The van der Waals surface area contributed by atoms with Crippen molar-refractivity contribution in [2.75, 3.05) is 70.6 Å². The van der Waals surface area contributed by atoms with E-state index in [0.717, 1.165) is 163 Å². The van der Waals surface area contributed by atoms with E-state index in [1.165, 1.54) is 28.6 Å². The van der Waals surface area contributed by atoms with E-state index in [2.05, 4.69) is 74.5 Å². The fourth-order valence-corrected chi connectivity index (χ4v) is 14.8. The van der Waals surface area contributed by atoms with Gasteiger partial charge in [-0.25, -0.2) is 47.7 Å². The molecule has 3 aromatic carbocycles. The van der Waals surface area contributed by atoms with E-state index in [1.807, 2.05) is 118 Å². The third-order valence-electron chi connectivity index (χ3n) is 15.6. The van der Waals surface area contributed by atoms with Crippen molar-refractivity contribution in [1.29, 1.82) is 0 Å². The smallest absolute Gasteiger partial charge is 0.177 e. The van der Waals surface area contributed by atoms with Gasteiger partial charge in [-0.15, -0.1) is 34.0 Å². The molecule has 3 aliphatic heterocycles. The van der Waals surface area contributed by atoms with Crippen molar-refractivity contribution >= 4 is 93.0 Å². The number of piperidine rings is 3. The molecule has 9 aromatic heterocycles. The molecule has 3 aliphatic rings. The molecule has 82 heavy (non-hydrogen) atoms. The Kier molecular flexibility index (Phi) is 14.9. The number of anilines is 2. The standard InChI is InChI=1S/C21H23FN6S.C20H21FN6S.C19H19N5S/c1-12-11-28-20(24-12)17(27(2)3)10-16(26-28)14-8-15(22)19-18(9-14)29-21(25-19)13-4-6-23-7-5-13;1-11-10-27-19(24-11)16(22-2)9-15(26-27)13-7-14(21)18-17(8-13)28-20(25-18)12-3-5-23-6-4-12;1-12-10-24-11-16(21-9-18(24)22-12)14-2-3-15-17(8-14)25-19(23-15)13-4-6-20-7-5-13/h8-11,13,23H,4-7H2,1-3H3;7-10,12,22-23H,3-6H2,1-2H3;2-3,8-11,13,20H,4-7H2,1H3. The second-order valence-corrected chi connectivity index (χ2v) is 24.9. The van der Waals surface area contributed by atoms with E-state index in [9.17, 15) is 8.78 Å². The molecule has 0 aliphatic carbocycles. The minimum Gasteiger partial charge on any atom is -0.385 e. The minimum absolute atomic E-state index is 0.288. The molecule has 3 fully saturated rings. The van der Waals surface area contributed by atoms with Gasteiger partial charge in [0.15, 0.2) is 28.6 Å². The van der Waals surface area contributed by atoms with Crippen molar-refractivity contribution in [2.45, 2.75) is 77.0 Å². The summed E-state index contributed by atoms with van der Waals surface area (Å²) in [6.07, 6.45) is 16.3. The van der Waals surface area contributed by atoms with Crippen LogP contribution in [0.25, 0.3) is 81.4 Å². The first-order chi connectivity index (χ1) is 39.9.